The van der Waals surface area contributed by atoms with Gasteiger partial charge in [0.15, 0.2) is 0 Å². The van der Waals surface area contributed by atoms with Gasteiger partial charge in [-0.25, -0.2) is 0 Å². The molecule has 0 radical (unpaired) electrons. The van der Waals surface area contributed by atoms with E-state index in [1.165, 1.54) is 43.5 Å². The maximum atomic E-state index is 2.56. The van der Waals surface area contributed by atoms with E-state index in [1.807, 2.05) is 0 Å². The highest BCUT2D eigenvalue weighted by molar-refractivity contribution is 5.28. The van der Waals surface area contributed by atoms with Crippen LogP contribution in [-0.2, 0) is 11.8 Å². The molecule has 0 aromatic heterocycles. The zero-order valence-electron chi connectivity index (χ0n) is 13.4. The van der Waals surface area contributed by atoms with Gasteiger partial charge in [0.1, 0.15) is 0 Å². The summed E-state index contributed by atoms with van der Waals surface area (Å²) >= 11 is 0. The molecule has 0 amide bonds. The maximum Gasteiger partial charge on any atom is 0.0163 e. The molecule has 20 heavy (non-hydrogen) atoms. The molecule has 1 fully saturated rings. The minimum Gasteiger partial charge on any atom is -0.300 e. The lowest BCUT2D eigenvalue weighted by molar-refractivity contribution is 0.251. The molecule has 1 heterocycles. The van der Waals surface area contributed by atoms with Gasteiger partial charge in [-0.1, -0.05) is 63.6 Å². The molecule has 0 saturated carbocycles. The van der Waals surface area contributed by atoms with Crippen molar-refractivity contribution in [2.24, 2.45) is 0 Å². The minimum absolute atomic E-state index is 0.253. The summed E-state index contributed by atoms with van der Waals surface area (Å²) in [6.07, 6.45) is 9.88. The molecule has 1 aliphatic heterocycles. The predicted octanol–water partition coefficient (Wildman–Crippen LogP) is 4.57. The molecule has 110 valence electrons. The lowest BCUT2D eigenvalue weighted by Crippen LogP contribution is -2.29. The number of piperidine rings is 1. The van der Waals surface area contributed by atoms with Crippen LogP contribution >= 0.6 is 0 Å². The largest absolute Gasteiger partial charge is 0.300 e. The summed E-state index contributed by atoms with van der Waals surface area (Å²) in [6, 6.07) is 9.08. The van der Waals surface area contributed by atoms with Crippen molar-refractivity contribution in [3.05, 3.63) is 47.5 Å². The SMILES string of the molecule is CC(C)(C)c1ccc(CC=CCN2CCCCC2)cc1. The van der Waals surface area contributed by atoms with Gasteiger partial charge in [0.05, 0.1) is 0 Å². The fourth-order valence-electron chi connectivity index (χ4n) is 2.73. The van der Waals surface area contributed by atoms with Crippen molar-refractivity contribution in [3.63, 3.8) is 0 Å². The Morgan fingerprint density at radius 1 is 0.950 bits per heavy atom. The third-order valence-corrected chi connectivity index (χ3v) is 4.15. The summed E-state index contributed by atoms with van der Waals surface area (Å²) in [5.41, 5.74) is 3.08. The van der Waals surface area contributed by atoms with Crippen LogP contribution in [0.4, 0.5) is 0 Å². The Morgan fingerprint density at radius 3 is 2.20 bits per heavy atom. The first-order valence-corrected chi connectivity index (χ1v) is 8.02. The second kappa shape index (κ2) is 7.08. The monoisotopic (exact) mass is 271 g/mol. The molecular formula is C19H29N. The molecule has 1 aliphatic rings. The van der Waals surface area contributed by atoms with Crippen molar-refractivity contribution in [3.8, 4) is 0 Å². The van der Waals surface area contributed by atoms with Gasteiger partial charge >= 0.3 is 0 Å². The van der Waals surface area contributed by atoms with E-state index in [2.05, 4.69) is 62.1 Å². The van der Waals surface area contributed by atoms with Crippen molar-refractivity contribution in [2.45, 2.75) is 51.9 Å². The third-order valence-electron chi connectivity index (χ3n) is 4.15. The van der Waals surface area contributed by atoms with Crippen LogP contribution in [0.25, 0.3) is 0 Å². The number of hydrogen-bond acceptors (Lipinski definition) is 1. The van der Waals surface area contributed by atoms with E-state index in [0.717, 1.165) is 13.0 Å². The van der Waals surface area contributed by atoms with Gasteiger partial charge in [0.2, 0.25) is 0 Å². The molecule has 0 aliphatic carbocycles. The molecule has 1 aromatic rings. The van der Waals surface area contributed by atoms with Gasteiger partial charge in [0, 0.05) is 6.54 Å². The number of rotatable bonds is 4. The maximum absolute atomic E-state index is 2.56. The number of hydrogen-bond donors (Lipinski definition) is 0. The average molecular weight is 271 g/mol. The van der Waals surface area contributed by atoms with E-state index in [-0.39, 0.29) is 5.41 Å². The van der Waals surface area contributed by atoms with Crippen LogP contribution in [0.1, 0.15) is 51.2 Å². The van der Waals surface area contributed by atoms with E-state index in [0.29, 0.717) is 0 Å². The lowest BCUT2D eigenvalue weighted by Gasteiger charge is -2.24. The van der Waals surface area contributed by atoms with E-state index in [9.17, 15) is 0 Å². The van der Waals surface area contributed by atoms with E-state index in [4.69, 9.17) is 0 Å². The molecule has 1 saturated heterocycles. The summed E-state index contributed by atoms with van der Waals surface area (Å²) < 4.78 is 0. The standard InChI is InChI=1S/C19H29N/c1-19(2,3)18-12-10-17(11-13-18)9-5-8-16-20-14-6-4-7-15-20/h5,8,10-13H,4,6-7,9,14-16H2,1-3H3. The summed E-state index contributed by atoms with van der Waals surface area (Å²) in [5.74, 6) is 0. The Bertz CT molecular complexity index is 416. The van der Waals surface area contributed by atoms with Crippen molar-refractivity contribution < 1.29 is 0 Å². The average Bonchev–Trinajstić information content (AvgIpc) is 2.44. The van der Waals surface area contributed by atoms with Crippen molar-refractivity contribution in [2.75, 3.05) is 19.6 Å². The molecule has 1 nitrogen and oxygen atoms in total. The van der Waals surface area contributed by atoms with Crippen LogP contribution in [0.15, 0.2) is 36.4 Å². The molecule has 0 N–H and O–H groups in total. The molecular weight excluding hydrogens is 242 g/mol. The molecule has 0 spiro atoms. The summed E-state index contributed by atoms with van der Waals surface area (Å²) in [7, 11) is 0. The second-order valence-corrected chi connectivity index (χ2v) is 6.98. The van der Waals surface area contributed by atoms with Gasteiger partial charge in [-0.15, -0.1) is 0 Å². The smallest absolute Gasteiger partial charge is 0.0163 e. The number of allylic oxidation sites excluding steroid dienone is 1. The summed E-state index contributed by atoms with van der Waals surface area (Å²) in [6.45, 7) is 10.5. The highest BCUT2D eigenvalue weighted by Gasteiger charge is 2.12. The predicted molar refractivity (Wildman–Crippen MR) is 88.3 cm³/mol. The molecule has 0 atom stereocenters. The Labute approximate surface area is 124 Å². The minimum atomic E-state index is 0.253. The normalized spacial score (nSPS) is 17.8. The van der Waals surface area contributed by atoms with Crippen LogP contribution < -0.4 is 0 Å². The topological polar surface area (TPSA) is 3.24 Å². The van der Waals surface area contributed by atoms with Gasteiger partial charge in [-0.3, -0.25) is 4.90 Å². The zero-order chi connectivity index (χ0) is 14.4. The van der Waals surface area contributed by atoms with Gasteiger partial charge in [-0.2, -0.15) is 0 Å². The van der Waals surface area contributed by atoms with Crippen LogP contribution in [0.2, 0.25) is 0 Å². The molecule has 0 bridgehead atoms. The Morgan fingerprint density at radius 2 is 1.60 bits per heavy atom. The van der Waals surface area contributed by atoms with Crippen LogP contribution in [0.3, 0.4) is 0 Å². The van der Waals surface area contributed by atoms with Crippen molar-refractivity contribution in [1.82, 2.24) is 4.90 Å². The quantitative estimate of drug-likeness (QED) is 0.725. The zero-order valence-corrected chi connectivity index (χ0v) is 13.4. The first kappa shape index (κ1) is 15.3. The third kappa shape index (κ3) is 4.79. The second-order valence-electron chi connectivity index (χ2n) is 6.98. The number of benzene rings is 1. The Kier molecular flexibility index (Phi) is 5.42. The van der Waals surface area contributed by atoms with Crippen molar-refractivity contribution >= 4 is 0 Å². The van der Waals surface area contributed by atoms with E-state index >= 15 is 0 Å². The number of likely N-dealkylation sites (tertiary alicyclic amines) is 1. The summed E-state index contributed by atoms with van der Waals surface area (Å²) in [5, 5.41) is 0. The van der Waals surface area contributed by atoms with Gasteiger partial charge < -0.3 is 0 Å². The molecule has 2 rings (SSSR count). The Hall–Kier alpha value is -1.08. The first-order chi connectivity index (χ1) is 9.55. The fourth-order valence-corrected chi connectivity index (χ4v) is 2.73. The Balaban J connectivity index is 1.78. The highest BCUT2D eigenvalue weighted by Crippen LogP contribution is 2.22. The first-order valence-electron chi connectivity index (χ1n) is 8.02. The lowest BCUT2D eigenvalue weighted by atomic mass is 9.86. The van der Waals surface area contributed by atoms with Crippen LogP contribution in [-0.4, -0.2) is 24.5 Å². The molecule has 1 aromatic carbocycles. The van der Waals surface area contributed by atoms with Gasteiger partial charge in [-0.05, 0) is 48.9 Å². The van der Waals surface area contributed by atoms with Crippen LogP contribution in [0, 0.1) is 0 Å². The fraction of sp³-hybridized carbons (Fsp3) is 0.579. The van der Waals surface area contributed by atoms with Gasteiger partial charge in [0.25, 0.3) is 0 Å². The summed E-state index contributed by atoms with van der Waals surface area (Å²) in [4.78, 5) is 2.56. The van der Waals surface area contributed by atoms with E-state index in [1.54, 1.807) is 0 Å². The van der Waals surface area contributed by atoms with Crippen LogP contribution in [0.5, 0.6) is 0 Å². The van der Waals surface area contributed by atoms with E-state index < -0.39 is 0 Å². The molecule has 1 heteroatoms. The highest BCUT2D eigenvalue weighted by atomic mass is 15.1. The molecule has 0 unspecified atom stereocenters. The van der Waals surface area contributed by atoms with Crippen molar-refractivity contribution in [1.29, 1.82) is 0 Å². The number of nitrogens with zero attached hydrogens (tertiary/aromatic N) is 1.